The standard InChI is InChI=1S/C27H34N8O3S2/c1-17-13-21(38-4)20(26(37)35-11-9-33(10-12-35)19(3)36)14-22(17)39-25-16-29-27(40-25)32-23-15-24(31-18(2)30-23)34-7-5-28-6-8-34/h13-16,28H,5-12H2,1-4H3,(H,29,30,31,32). The highest BCUT2D eigenvalue weighted by molar-refractivity contribution is 8.01. The molecule has 2 aromatic heterocycles. The van der Waals surface area contributed by atoms with Gasteiger partial charge in [0.15, 0.2) is 5.13 Å². The number of rotatable bonds is 7. The number of benzene rings is 1. The van der Waals surface area contributed by atoms with E-state index in [9.17, 15) is 9.59 Å². The molecule has 2 saturated heterocycles. The van der Waals surface area contributed by atoms with Crippen molar-refractivity contribution in [3.63, 3.8) is 0 Å². The maximum Gasteiger partial charge on any atom is 0.257 e. The molecule has 0 saturated carbocycles. The fraction of sp³-hybridized carbons (Fsp3) is 0.444. The van der Waals surface area contributed by atoms with Gasteiger partial charge in [0.05, 0.1) is 23.1 Å². The van der Waals surface area contributed by atoms with Gasteiger partial charge in [0, 0.05) is 70.2 Å². The number of ether oxygens (including phenoxy) is 1. The number of anilines is 3. The molecule has 2 amide bonds. The molecule has 2 N–H and O–H groups in total. The van der Waals surface area contributed by atoms with Crippen LogP contribution in [0.5, 0.6) is 5.75 Å². The van der Waals surface area contributed by atoms with Crippen molar-refractivity contribution in [2.45, 2.75) is 29.9 Å². The van der Waals surface area contributed by atoms with Gasteiger partial charge in [-0.1, -0.05) is 23.1 Å². The summed E-state index contributed by atoms with van der Waals surface area (Å²) >= 11 is 3.09. The summed E-state index contributed by atoms with van der Waals surface area (Å²) in [4.78, 5) is 45.6. The van der Waals surface area contributed by atoms with Crippen LogP contribution in [0.15, 0.2) is 33.5 Å². The average Bonchev–Trinajstić information content (AvgIpc) is 3.40. The van der Waals surface area contributed by atoms with Crippen LogP contribution in [0.2, 0.25) is 0 Å². The van der Waals surface area contributed by atoms with E-state index in [2.05, 4.69) is 30.5 Å². The van der Waals surface area contributed by atoms with Crippen LogP contribution in [-0.4, -0.2) is 96.0 Å². The molecule has 0 atom stereocenters. The monoisotopic (exact) mass is 582 g/mol. The van der Waals surface area contributed by atoms with Gasteiger partial charge in [-0.05, 0) is 31.5 Å². The third-order valence-electron chi connectivity index (χ3n) is 6.94. The molecule has 4 heterocycles. The quantitative estimate of drug-likeness (QED) is 0.430. The van der Waals surface area contributed by atoms with Crippen LogP contribution in [0.1, 0.15) is 28.7 Å². The minimum absolute atomic E-state index is 0.0342. The molecule has 11 nitrogen and oxygen atoms in total. The van der Waals surface area contributed by atoms with Crippen LogP contribution in [0, 0.1) is 13.8 Å². The topological polar surface area (TPSA) is 116 Å². The lowest BCUT2D eigenvalue weighted by Crippen LogP contribution is -2.50. The molecule has 3 aromatic rings. The third-order valence-corrected chi connectivity index (χ3v) is 9.11. The highest BCUT2D eigenvalue weighted by Gasteiger charge is 2.26. The highest BCUT2D eigenvalue weighted by Crippen LogP contribution is 2.39. The Balaban J connectivity index is 1.30. The van der Waals surface area contributed by atoms with Crippen molar-refractivity contribution in [3.8, 4) is 5.75 Å². The van der Waals surface area contributed by atoms with Crippen molar-refractivity contribution in [2.24, 2.45) is 0 Å². The van der Waals surface area contributed by atoms with Crippen molar-refractivity contribution in [3.05, 3.63) is 41.3 Å². The molecule has 1 aromatic carbocycles. The van der Waals surface area contributed by atoms with E-state index >= 15 is 0 Å². The molecule has 0 unspecified atom stereocenters. The zero-order valence-corrected chi connectivity index (χ0v) is 24.8. The second-order valence-electron chi connectivity index (χ2n) is 9.72. The summed E-state index contributed by atoms with van der Waals surface area (Å²) < 4.78 is 6.56. The maximum absolute atomic E-state index is 13.4. The lowest BCUT2D eigenvalue weighted by Gasteiger charge is -2.34. The fourth-order valence-corrected chi connectivity index (χ4v) is 6.71. The van der Waals surface area contributed by atoms with Crippen LogP contribution in [0.25, 0.3) is 0 Å². The van der Waals surface area contributed by atoms with Crippen LogP contribution < -0.4 is 20.3 Å². The Labute approximate surface area is 242 Å². The number of hydrogen-bond acceptors (Lipinski definition) is 11. The van der Waals surface area contributed by atoms with Crippen molar-refractivity contribution in [2.75, 3.05) is 69.7 Å². The van der Waals surface area contributed by atoms with Gasteiger partial charge in [0.2, 0.25) is 5.91 Å². The van der Waals surface area contributed by atoms with Gasteiger partial charge in [0.25, 0.3) is 5.91 Å². The number of carbonyl (C=O) groups is 2. The number of hydrogen-bond donors (Lipinski definition) is 2. The average molecular weight is 583 g/mol. The van der Waals surface area contributed by atoms with E-state index in [1.54, 1.807) is 35.6 Å². The van der Waals surface area contributed by atoms with E-state index in [0.29, 0.717) is 49.1 Å². The molecule has 2 fully saturated rings. The number of nitrogens with one attached hydrogen (secondary N) is 2. The summed E-state index contributed by atoms with van der Waals surface area (Å²) in [6.07, 6.45) is 1.83. The SMILES string of the molecule is COc1cc(C)c(Sc2cnc(Nc3cc(N4CCNCC4)nc(C)n3)s2)cc1C(=O)N1CCN(C(C)=O)CC1. The predicted molar refractivity (Wildman–Crippen MR) is 157 cm³/mol. The Kier molecular flexibility index (Phi) is 8.72. The number of piperazine rings is 2. The number of aryl methyl sites for hydroxylation is 2. The van der Waals surface area contributed by atoms with Crippen molar-refractivity contribution >= 4 is 51.7 Å². The number of aromatic nitrogens is 3. The van der Waals surface area contributed by atoms with Gasteiger partial charge in [-0.15, -0.1) is 0 Å². The number of methoxy groups -OCH3 is 1. The Morgan fingerprint density at radius 2 is 1.75 bits per heavy atom. The first-order valence-electron chi connectivity index (χ1n) is 13.3. The first kappa shape index (κ1) is 28.1. The molecule has 0 radical (unpaired) electrons. The molecule has 0 aliphatic carbocycles. The number of nitrogens with zero attached hydrogens (tertiary/aromatic N) is 6. The van der Waals surface area contributed by atoms with Crippen molar-refractivity contribution < 1.29 is 14.3 Å². The smallest absolute Gasteiger partial charge is 0.257 e. The molecule has 5 rings (SSSR count). The van der Waals surface area contributed by atoms with Crippen LogP contribution >= 0.6 is 23.1 Å². The fourth-order valence-electron chi connectivity index (χ4n) is 4.76. The highest BCUT2D eigenvalue weighted by atomic mass is 32.2. The summed E-state index contributed by atoms with van der Waals surface area (Å²) in [6.45, 7) is 11.2. The normalized spacial score (nSPS) is 15.8. The number of thiazole rings is 1. The molecule has 13 heteroatoms. The predicted octanol–water partition coefficient (Wildman–Crippen LogP) is 3.17. The van der Waals surface area contributed by atoms with Crippen LogP contribution in [-0.2, 0) is 4.79 Å². The molecule has 0 bridgehead atoms. The summed E-state index contributed by atoms with van der Waals surface area (Å²) in [7, 11) is 1.58. The zero-order chi connectivity index (χ0) is 28.2. The van der Waals surface area contributed by atoms with Crippen LogP contribution in [0.4, 0.5) is 16.8 Å². The van der Waals surface area contributed by atoms with E-state index in [1.165, 1.54) is 11.3 Å². The zero-order valence-electron chi connectivity index (χ0n) is 23.2. The third kappa shape index (κ3) is 6.48. The molecule has 2 aliphatic heterocycles. The molecule has 40 heavy (non-hydrogen) atoms. The first-order valence-corrected chi connectivity index (χ1v) is 14.9. The largest absolute Gasteiger partial charge is 0.496 e. The van der Waals surface area contributed by atoms with Gasteiger partial charge in [-0.25, -0.2) is 15.0 Å². The summed E-state index contributed by atoms with van der Waals surface area (Å²) in [6, 6.07) is 5.77. The molecular weight excluding hydrogens is 548 g/mol. The maximum atomic E-state index is 13.4. The van der Waals surface area contributed by atoms with Gasteiger partial charge < -0.3 is 30.1 Å². The summed E-state index contributed by atoms with van der Waals surface area (Å²) in [5, 5.41) is 7.44. The Morgan fingerprint density at radius 1 is 1.02 bits per heavy atom. The van der Waals surface area contributed by atoms with Gasteiger partial charge in [-0.3, -0.25) is 9.59 Å². The molecule has 2 aliphatic rings. The summed E-state index contributed by atoms with van der Waals surface area (Å²) in [5.41, 5.74) is 1.53. The Hall–Kier alpha value is -3.42. The Bertz CT molecular complexity index is 1380. The first-order chi connectivity index (χ1) is 19.3. The minimum Gasteiger partial charge on any atom is -0.496 e. The second-order valence-corrected chi connectivity index (χ2v) is 12.1. The lowest BCUT2D eigenvalue weighted by atomic mass is 10.1. The Morgan fingerprint density at radius 3 is 2.45 bits per heavy atom. The van der Waals surface area contributed by atoms with Gasteiger partial charge in [0.1, 0.15) is 23.2 Å². The van der Waals surface area contributed by atoms with E-state index in [4.69, 9.17) is 4.74 Å². The molecular formula is C27H34N8O3S2. The van der Waals surface area contributed by atoms with E-state index in [0.717, 1.165) is 51.8 Å². The van der Waals surface area contributed by atoms with E-state index < -0.39 is 0 Å². The molecule has 0 spiro atoms. The molecule has 212 valence electrons. The van der Waals surface area contributed by atoms with Gasteiger partial charge >= 0.3 is 0 Å². The minimum atomic E-state index is -0.0898. The summed E-state index contributed by atoms with van der Waals surface area (Å²) in [5.74, 6) is 2.83. The van der Waals surface area contributed by atoms with Crippen molar-refractivity contribution in [1.82, 2.24) is 30.1 Å². The van der Waals surface area contributed by atoms with E-state index in [1.807, 2.05) is 38.2 Å². The number of carbonyl (C=O) groups excluding carboxylic acids is 2. The van der Waals surface area contributed by atoms with Crippen LogP contribution in [0.3, 0.4) is 0 Å². The lowest BCUT2D eigenvalue weighted by molar-refractivity contribution is -0.130. The van der Waals surface area contributed by atoms with Crippen molar-refractivity contribution in [1.29, 1.82) is 0 Å². The second kappa shape index (κ2) is 12.4. The van der Waals surface area contributed by atoms with Gasteiger partial charge in [-0.2, -0.15) is 0 Å². The van der Waals surface area contributed by atoms with E-state index in [-0.39, 0.29) is 11.8 Å². The number of amides is 2.